The maximum atomic E-state index is 12.3. The van der Waals surface area contributed by atoms with Gasteiger partial charge in [0, 0.05) is 11.3 Å². The van der Waals surface area contributed by atoms with Gasteiger partial charge in [-0.25, -0.2) is 9.78 Å². The molecule has 31 heavy (non-hydrogen) atoms. The summed E-state index contributed by atoms with van der Waals surface area (Å²) >= 11 is 5.93. The molecule has 1 heterocycles. The molecular weight excluding hydrogens is 435 g/mol. The highest BCUT2D eigenvalue weighted by molar-refractivity contribution is 6.34. The van der Waals surface area contributed by atoms with E-state index in [2.05, 4.69) is 20.4 Å². The molecule has 0 saturated heterocycles. The van der Waals surface area contributed by atoms with Crippen molar-refractivity contribution in [3.8, 4) is 16.9 Å². The van der Waals surface area contributed by atoms with Crippen LogP contribution in [0, 0.1) is 6.92 Å². The van der Waals surface area contributed by atoms with Crippen molar-refractivity contribution in [2.45, 2.75) is 13.3 Å². The average molecular weight is 450 g/mol. The van der Waals surface area contributed by atoms with Gasteiger partial charge in [0.15, 0.2) is 0 Å². The van der Waals surface area contributed by atoms with Crippen LogP contribution in [0.3, 0.4) is 0 Å². The molecule has 0 aliphatic carbocycles. The van der Waals surface area contributed by atoms with Crippen molar-refractivity contribution in [1.29, 1.82) is 0 Å². The molecule has 0 radical (unpaired) electrons. The first-order chi connectivity index (χ1) is 14.6. The van der Waals surface area contributed by atoms with Crippen molar-refractivity contribution in [3.05, 3.63) is 76.9 Å². The molecule has 0 unspecified atom stereocenters. The van der Waals surface area contributed by atoms with E-state index in [1.807, 2.05) is 0 Å². The molecule has 10 heteroatoms. The van der Waals surface area contributed by atoms with Crippen molar-refractivity contribution < 1.29 is 27.5 Å². The molecule has 0 bridgehead atoms. The van der Waals surface area contributed by atoms with Gasteiger partial charge in [-0.1, -0.05) is 35.9 Å². The molecule has 160 valence electrons. The number of imide groups is 1. The number of rotatable bonds is 4. The Kier molecular flexibility index (Phi) is 6.45. The molecule has 3 amide bonds. The number of hydrogen-bond acceptors (Lipinski definition) is 4. The SMILES string of the molecule is Cc1nc(NC(=O)NC(=O)c2ccccc2Cl)ccc1-c1ccc(OC(F)(F)F)cc1. The lowest BCUT2D eigenvalue weighted by Crippen LogP contribution is -2.34. The van der Waals surface area contributed by atoms with Crippen LogP contribution in [0.4, 0.5) is 23.8 Å². The zero-order valence-electron chi connectivity index (χ0n) is 16.0. The number of aryl methyl sites for hydroxylation is 1. The zero-order valence-corrected chi connectivity index (χ0v) is 16.7. The number of anilines is 1. The molecule has 0 saturated carbocycles. The summed E-state index contributed by atoms with van der Waals surface area (Å²) in [6.45, 7) is 1.67. The molecule has 0 aliphatic heterocycles. The lowest BCUT2D eigenvalue weighted by Gasteiger charge is -2.11. The number of ether oxygens (including phenoxy) is 1. The van der Waals surface area contributed by atoms with Gasteiger partial charge in [-0.2, -0.15) is 0 Å². The first-order valence-corrected chi connectivity index (χ1v) is 9.21. The lowest BCUT2D eigenvalue weighted by atomic mass is 10.0. The number of urea groups is 1. The molecule has 3 aromatic rings. The van der Waals surface area contributed by atoms with E-state index in [4.69, 9.17) is 11.6 Å². The second-order valence-corrected chi connectivity index (χ2v) is 6.70. The fraction of sp³-hybridized carbons (Fsp3) is 0.0952. The van der Waals surface area contributed by atoms with Crippen LogP contribution in [0.5, 0.6) is 5.75 Å². The van der Waals surface area contributed by atoms with Gasteiger partial charge in [-0.15, -0.1) is 13.2 Å². The summed E-state index contributed by atoms with van der Waals surface area (Å²) in [6.07, 6.45) is -4.76. The van der Waals surface area contributed by atoms with E-state index in [0.29, 0.717) is 16.8 Å². The second-order valence-electron chi connectivity index (χ2n) is 6.29. The van der Waals surface area contributed by atoms with Gasteiger partial charge in [0.2, 0.25) is 0 Å². The molecular formula is C21H15ClF3N3O3. The molecule has 6 nitrogen and oxygen atoms in total. The molecule has 3 rings (SSSR count). The average Bonchev–Trinajstić information content (AvgIpc) is 2.68. The Morgan fingerprint density at radius 1 is 1.00 bits per heavy atom. The summed E-state index contributed by atoms with van der Waals surface area (Å²) in [5.74, 6) is -0.819. The van der Waals surface area contributed by atoms with E-state index < -0.39 is 18.3 Å². The smallest absolute Gasteiger partial charge is 0.406 e. The minimum atomic E-state index is -4.76. The van der Waals surface area contributed by atoms with Gasteiger partial charge in [-0.3, -0.25) is 15.4 Å². The van der Waals surface area contributed by atoms with Crippen LogP contribution in [0.2, 0.25) is 5.02 Å². The predicted molar refractivity (Wildman–Crippen MR) is 109 cm³/mol. The number of halogens is 4. The lowest BCUT2D eigenvalue weighted by molar-refractivity contribution is -0.274. The van der Waals surface area contributed by atoms with Crippen LogP contribution in [-0.4, -0.2) is 23.3 Å². The third-order valence-corrected chi connectivity index (χ3v) is 4.40. The van der Waals surface area contributed by atoms with Crippen LogP contribution in [0.25, 0.3) is 11.1 Å². The first kappa shape index (κ1) is 22.1. The number of hydrogen-bond donors (Lipinski definition) is 2. The third kappa shape index (κ3) is 5.95. The fourth-order valence-corrected chi connectivity index (χ4v) is 2.96. The number of carbonyl (C=O) groups is 2. The summed E-state index contributed by atoms with van der Waals surface area (Å²) in [4.78, 5) is 28.5. The van der Waals surface area contributed by atoms with Gasteiger partial charge < -0.3 is 4.74 Å². The summed E-state index contributed by atoms with van der Waals surface area (Å²) < 4.78 is 40.7. The van der Waals surface area contributed by atoms with E-state index in [1.165, 1.54) is 42.5 Å². The Bertz CT molecular complexity index is 1120. The Morgan fingerprint density at radius 2 is 1.68 bits per heavy atom. The van der Waals surface area contributed by atoms with Crippen molar-refractivity contribution in [1.82, 2.24) is 10.3 Å². The van der Waals surface area contributed by atoms with E-state index in [0.717, 1.165) is 0 Å². The van der Waals surface area contributed by atoms with Gasteiger partial charge >= 0.3 is 12.4 Å². The number of amides is 3. The quantitative estimate of drug-likeness (QED) is 0.545. The largest absolute Gasteiger partial charge is 0.573 e. The summed E-state index contributed by atoms with van der Waals surface area (Å²) in [6, 6.07) is 14.0. The topological polar surface area (TPSA) is 80.3 Å². The van der Waals surface area contributed by atoms with Crippen LogP contribution >= 0.6 is 11.6 Å². The number of pyridine rings is 1. The molecule has 1 aromatic heterocycles. The van der Waals surface area contributed by atoms with E-state index >= 15 is 0 Å². The molecule has 0 atom stereocenters. The predicted octanol–water partition coefficient (Wildman–Crippen LogP) is 5.57. The van der Waals surface area contributed by atoms with Crippen molar-refractivity contribution in [2.75, 3.05) is 5.32 Å². The summed E-state index contributed by atoms with van der Waals surface area (Å²) in [7, 11) is 0. The van der Waals surface area contributed by atoms with Crippen LogP contribution in [-0.2, 0) is 0 Å². The van der Waals surface area contributed by atoms with Crippen LogP contribution in [0.15, 0.2) is 60.7 Å². The zero-order chi connectivity index (χ0) is 22.6. The molecule has 0 fully saturated rings. The van der Waals surface area contributed by atoms with E-state index in [-0.39, 0.29) is 22.2 Å². The Hall–Kier alpha value is -3.59. The number of nitrogens with zero attached hydrogens (tertiary/aromatic N) is 1. The van der Waals surface area contributed by atoms with Crippen molar-refractivity contribution in [3.63, 3.8) is 0 Å². The highest BCUT2D eigenvalue weighted by Gasteiger charge is 2.31. The number of nitrogens with one attached hydrogen (secondary N) is 2. The highest BCUT2D eigenvalue weighted by Crippen LogP contribution is 2.28. The molecule has 0 spiro atoms. The number of carbonyl (C=O) groups excluding carboxylic acids is 2. The summed E-state index contributed by atoms with van der Waals surface area (Å²) in [5.41, 5.74) is 1.93. The monoisotopic (exact) mass is 449 g/mol. The van der Waals surface area contributed by atoms with Gasteiger partial charge in [-0.05, 0) is 48.9 Å². The minimum Gasteiger partial charge on any atom is -0.406 e. The van der Waals surface area contributed by atoms with Gasteiger partial charge in [0.05, 0.1) is 10.6 Å². The Labute approximate surface area is 180 Å². The number of aromatic nitrogens is 1. The Balaban J connectivity index is 1.67. The van der Waals surface area contributed by atoms with Crippen LogP contribution < -0.4 is 15.4 Å². The number of alkyl halides is 3. The second kappa shape index (κ2) is 9.05. The van der Waals surface area contributed by atoms with Gasteiger partial charge in [0.1, 0.15) is 11.6 Å². The van der Waals surface area contributed by atoms with Crippen LogP contribution in [0.1, 0.15) is 16.1 Å². The summed E-state index contributed by atoms with van der Waals surface area (Å²) in [5, 5.41) is 4.81. The molecule has 2 aromatic carbocycles. The highest BCUT2D eigenvalue weighted by atomic mass is 35.5. The molecule has 2 N–H and O–H groups in total. The standard InChI is InChI=1S/C21H15ClF3N3O3/c1-12-15(13-6-8-14(9-7-13)31-21(23,24)25)10-11-18(26-12)27-20(30)28-19(29)16-4-2-3-5-17(16)22/h2-11H,1H3,(H2,26,27,28,29,30). The maximum absolute atomic E-state index is 12.3. The van der Waals surface area contributed by atoms with E-state index in [1.54, 1.807) is 25.1 Å². The van der Waals surface area contributed by atoms with E-state index in [9.17, 15) is 22.8 Å². The fourth-order valence-electron chi connectivity index (χ4n) is 2.74. The van der Waals surface area contributed by atoms with Gasteiger partial charge in [0.25, 0.3) is 5.91 Å². The first-order valence-electron chi connectivity index (χ1n) is 8.83. The maximum Gasteiger partial charge on any atom is 0.573 e. The Morgan fingerprint density at radius 3 is 2.29 bits per heavy atom. The normalized spacial score (nSPS) is 11.0. The molecule has 0 aliphatic rings. The van der Waals surface area contributed by atoms with Crippen molar-refractivity contribution >= 4 is 29.4 Å². The van der Waals surface area contributed by atoms with Crippen molar-refractivity contribution in [2.24, 2.45) is 0 Å². The number of benzene rings is 2. The minimum absolute atomic E-state index is 0.150. The third-order valence-electron chi connectivity index (χ3n) is 4.07.